The van der Waals surface area contributed by atoms with Gasteiger partial charge in [0.25, 0.3) is 0 Å². The van der Waals surface area contributed by atoms with Gasteiger partial charge < -0.3 is 10.6 Å². The van der Waals surface area contributed by atoms with Gasteiger partial charge in [0.05, 0.1) is 0 Å². The number of hydrogen-bond donors (Lipinski definition) is 2. The van der Waals surface area contributed by atoms with Crippen LogP contribution in [0.15, 0.2) is 0 Å². The summed E-state index contributed by atoms with van der Waals surface area (Å²) in [6.45, 7) is 2.76. The van der Waals surface area contributed by atoms with Crippen LogP contribution in [0.5, 0.6) is 0 Å². The molecule has 0 radical (unpaired) electrons. The molecule has 2 N–H and O–H groups in total. The monoisotopic (exact) mass is 184 g/mol. The predicted octanol–water partition coefficient (Wildman–Crippen LogP) is 0.901. The summed E-state index contributed by atoms with van der Waals surface area (Å²) in [5, 5.41) is 6.23. The highest BCUT2D eigenvalue weighted by atomic mass is 16.1. The third kappa shape index (κ3) is 3.35. The molecule has 3 heteroatoms. The molecule has 1 amide bonds. The van der Waals surface area contributed by atoms with Gasteiger partial charge >= 0.3 is 0 Å². The van der Waals surface area contributed by atoms with E-state index in [4.69, 9.17) is 0 Å². The van der Waals surface area contributed by atoms with E-state index in [1.807, 2.05) is 14.0 Å². The maximum absolute atomic E-state index is 11.0. The lowest BCUT2D eigenvalue weighted by Crippen LogP contribution is -2.29. The zero-order valence-electron chi connectivity index (χ0n) is 8.60. The molecule has 0 aromatic carbocycles. The third-order valence-electron chi connectivity index (χ3n) is 2.86. The van der Waals surface area contributed by atoms with E-state index in [9.17, 15) is 4.79 Å². The van der Waals surface area contributed by atoms with Gasteiger partial charge in [0.1, 0.15) is 0 Å². The van der Waals surface area contributed by atoms with E-state index in [2.05, 4.69) is 10.6 Å². The van der Waals surface area contributed by atoms with Crippen molar-refractivity contribution in [3.8, 4) is 0 Å². The van der Waals surface area contributed by atoms with Crippen molar-refractivity contribution in [1.29, 1.82) is 0 Å². The molecule has 76 valence electrons. The van der Waals surface area contributed by atoms with E-state index in [0.29, 0.717) is 18.4 Å². The molecule has 1 fully saturated rings. The summed E-state index contributed by atoms with van der Waals surface area (Å²) >= 11 is 0. The normalized spacial score (nSPS) is 27.5. The molecule has 1 aliphatic carbocycles. The van der Waals surface area contributed by atoms with Gasteiger partial charge in [-0.25, -0.2) is 0 Å². The Morgan fingerprint density at radius 3 is 2.77 bits per heavy atom. The topological polar surface area (TPSA) is 41.1 Å². The molecule has 0 saturated heterocycles. The Balaban J connectivity index is 2.13. The number of amides is 1. The summed E-state index contributed by atoms with van der Waals surface area (Å²) in [6.07, 6.45) is 4.31. The number of rotatable bonds is 4. The van der Waals surface area contributed by atoms with E-state index >= 15 is 0 Å². The third-order valence-corrected chi connectivity index (χ3v) is 2.86. The van der Waals surface area contributed by atoms with Gasteiger partial charge in [0, 0.05) is 19.0 Å². The molecule has 1 unspecified atom stereocenters. The molecule has 0 bridgehead atoms. The van der Waals surface area contributed by atoms with Crippen LogP contribution in [-0.2, 0) is 4.79 Å². The lowest BCUT2D eigenvalue weighted by atomic mass is 10.1. The van der Waals surface area contributed by atoms with Crippen molar-refractivity contribution in [1.82, 2.24) is 10.6 Å². The Bertz CT molecular complexity index is 170. The highest BCUT2D eigenvalue weighted by Crippen LogP contribution is 2.24. The predicted molar refractivity (Wildman–Crippen MR) is 53.5 cm³/mol. The van der Waals surface area contributed by atoms with E-state index in [-0.39, 0.29) is 5.91 Å². The van der Waals surface area contributed by atoms with Crippen molar-refractivity contribution in [2.24, 2.45) is 5.92 Å². The number of nitrogens with one attached hydrogen (secondary N) is 2. The van der Waals surface area contributed by atoms with Crippen LogP contribution in [0.1, 0.15) is 32.6 Å². The summed E-state index contributed by atoms with van der Waals surface area (Å²) in [7, 11) is 2.01. The molecule has 1 saturated carbocycles. The van der Waals surface area contributed by atoms with Gasteiger partial charge in [-0.05, 0) is 32.2 Å². The molecule has 1 rings (SSSR count). The Morgan fingerprint density at radius 1 is 1.46 bits per heavy atom. The molecule has 0 aliphatic heterocycles. The molecule has 0 aromatic heterocycles. The van der Waals surface area contributed by atoms with Crippen LogP contribution < -0.4 is 10.6 Å². The van der Waals surface area contributed by atoms with Crippen LogP contribution in [0.3, 0.4) is 0 Å². The average molecular weight is 184 g/mol. The largest absolute Gasteiger partial charge is 0.356 e. The highest BCUT2D eigenvalue weighted by molar-refractivity contribution is 5.75. The molecule has 13 heavy (non-hydrogen) atoms. The fraction of sp³-hybridized carbons (Fsp3) is 0.900. The summed E-state index contributed by atoms with van der Waals surface area (Å²) < 4.78 is 0. The highest BCUT2D eigenvalue weighted by Gasteiger charge is 2.23. The van der Waals surface area contributed by atoms with Crippen LogP contribution in [0, 0.1) is 5.92 Å². The van der Waals surface area contributed by atoms with Gasteiger partial charge in [-0.2, -0.15) is 0 Å². The quantitative estimate of drug-likeness (QED) is 0.681. The van der Waals surface area contributed by atoms with Gasteiger partial charge in [-0.1, -0.05) is 6.92 Å². The summed E-state index contributed by atoms with van der Waals surface area (Å²) in [4.78, 5) is 11.0. The van der Waals surface area contributed by atoms with E-state index in [0.717, 1.165) is 6.54 Å². The summed E-state index contributed by atoms with van der Waals surface area (Å²) in [6, 6.07) is 0.670. The smallest absolute Gasteiger partial charge is 0.219 e. The van der Waals surface area contributed by atoms with Crippen molar-refractivity contribution < 1.29 is 4.79 Å². The van der Waals surface area contributed by atoms with Gasteiger partial charge in [0.2, 0.25) is 5.91 Å². The summed E-state index contributed by atoms with van der Waals surface area (Å²) in [5.41, 5.74) is 0. The molecule has 1 aliphatic rings. The maximum atomic E-state index is 11.0. The molecule has 3 nitrogen and oxygen atoms in total. The Morgan fingerprint density at radius 2 is 2.23 bits per heavy atom. The second-order valence-corrected chi connectivity index (χ2v) is 3.82. The molecule has 0 aromatic rings. The molecular weight excluding hydrogens is 164 g/mol. The second-order valence-electron chi connectivity index (χ2n) is 3.82. The Kier molecular flexibility index (Phi) is 4.22. The van der Waals surface area contributed by atoms with Crippen LogP contribution in [0.2, 0.25) is 0 Å². The van der Waals surface area contributed by atoms with Crippen LogP contribution in [0.4, 0.5) is 0 Å². The van der Waals surface area contributed by atoms with Crippen LogP contribution in [0.25, 0.3) is 0 Å². The van der Waals surface area contributed by atoms with Crippen LogP contribution >= 0.6 is 0 Å². The molecule has 0 heterocycles. The lowest BCUT2D eigenvalue weighted by Gasteiger charge is -2.11. The SMILES string of the molecule is CCC(=O)NC[C@@H]1CCC(NC)C1. The maximum Gasteiger partial charge on any atom is 0.219 e. The standard InChI is InChI=1S/C10H20N2O/c1-3-10(13)12-7-8-4-5-9(6-8)11-2/h8-9,11H,3-7H2,1-2H3,(H,12,13)/t8-,9?/m1/s1. The first-order valence-electron chi connectivity index (χ1n) is 5.20. The first-order valence-corrected chi connectivity index (χ1v) is 5.20. The minimum atomic E-state index is 0.174. The minimum Gasteiger partial charge on any atom is -0.356 e. The summed E-state index contributed by atoms with van der Waals surface area (Å²) in [5.74, 6) is 0.862. The zero-order chi connectivity index (χ0) is 9.68. The molecular formula is C10H20N2O. The van der Waals surface area contributed by atoms with Crippen molar-refractivity contribution in [2.75, 3.05) is 13.6 Å². The Hall–Kier alpha value is -0.570. The second kappa shape index (κ2) is 5.22. The number of carbonyl (C=O) groups is 1. The van der Waals surface area contributed by atoms with Crippen molar-refractivity contribution in [3.63, 3.8) is 0 Å². The van der Waals surface area contributed by atoms with Crippen molar-refractivity contribution >= 4 is 5.91 Å². The number of hydrogen-bond acceptors (Lipinski definition) is 2. The Labute approximate surface area is 80.3 Å². The van der Waals surface area contributed by atoms with Gasteiger partial charge in [-0.15, -0.1) is 0 Å². The zero-order valence-corrected chi connectivity index (χ0v) is 8.60. The average Bonchev–Trinajstić information content (AvgIpc) is 2.61. The molecule has 2 atom stereocenters. The lowest BCUT2D eigenvalue weighted by molar-refractivity contribution is -0.120. The fourth-order valence-electron chi connectivity index (χ4n) is 1.91. The van der Waals surface area contributed by atoms with E-state index in [1.54, 1.807) is 0 Å². The molecule has 0 spiro atoms. The van der Waals surface area contributed by atoms with E-state index < -0.39 is 0 Å². The van der Waals surface area contributed by atoms with Crippen molar-refractivity contribution in [3.05, 3.63) is 0 Å². The van der Waals surface area contributed by atoms with E-state index in [1.165, 1.54) is 19.3 Å². The van der Waals surface area contributed by atoms with Crippen molar-refractivity contribution in [2.45, 2.75) is 38.6 Å². The first-order chi connectivity index (χ1) is 6.26. The number of carbonyl (C=O) groups excluding carboxylic acids is 1. The van der Waals surface area contributed by atoms with Gasteiger partial charge in [-0.3, -0.25) is 4.79 Å². The minimum absolute atomic E-state index is 0.174. The van der Waals surface area contributed by atoms with Crippen LogP contribution in [-0.4, -0.2) is 25.5 Å². The van der Waals surface area contributed by atoms with Gasteiger partial charge in [0.15, 0.2) is 0 Å². The first kappa shape index (κ1) is 10.5. The fourth-order valence-corrected chi connectivity index (χ4v) is 1.91.